The molecule has 0 radical (unpaired) electrons. The summed E-state index contributed by atoms with van der Waals surface area (Å²) in [7, 11) is 0. The molecule has 0 saturated carbocycles. The monoisotopic (exact) mass is 391 g/mol. The van der Waals surface area contributed by atoms with E-state index in [0.29, 0.717) is 17.8 Å². The second-order valence-electron chi connectivity index (χ2n) is 10.0. The Bertz CT molecular complexity index is 855. The SMILES string of the molecule is CC(C)c1cccc(N2CCOC(C)(CC3CCc4ccc(C(C)C)cc43)C2)c1. The van der Waals surface area contributed by atoms with Gasteiger partial charge in [0, 0.05) is 18.8 Å². The molecule has 1 aliphatic carbocycles. The molecule has 0 amide bonds. The number of hydrogen-bond donors (Lipinski definition) is 0. The number of morpholine rings is 1. The van der Waals surface area contributed by atoms with Crippen LogP contribution in [-0.2, 0) is 11.2 Å². The van der Waals surface area contributed by atoms with E-state index in [2.05, 4.69) is 82.0 Å². The number of rotatable bonds is 5. The zero-order valence-electron chi connectivity index (χ0n) is 18.9. The number of anilines is 1. The van der Waals surface area contributed by atoms with Crippen molar-refractivity contribution >= 4 is 5.69 Å². The van der Waals surface area contributed by atoms with E-state index < -0.39 is 0 Å². The zero-order chi connectivity index (χ0) is 20.6. The molecule has 156 valence electrons. The van der Waals surface area contributed by atoms with E-state index in [1.165, 1.54) is 29.7 Å². The second-order valence-corrected chi connectivity index (χ2v) is 10.0. The smallest absolute Gasteiger partial charge is 0.0835 e. The lowest BCUT2D eigenvalue weighted by atomic mass is 9.85. The first-order valence-corrected chi connectivity index (χ1v) is 11.5. The number of nitrogens with zero attached hydrogens (tertiary/aromatic N) is 1. The van der Waals surface area contributed by atoms with Gasteiger partial charge in [0.05, 0.1) is 12.2 Å². The highest BCUT2D eigenvalue weighted by molar-refractivity contribution is 5.50. The molecule has 0 spiro atoms. The van der Waals surface area contributed by atoms with Crippen molar-refractivity contribution in [3.63, 3.8) is 0 Å². The lowest BCUT2D eigenvalue weighted by Crippen LogP contribution is -2.50. The van der Waals surface area contributed by atoms with E-state index in [-0.39, 0.29) is 5.60 Å². The van der Waals surface area contributed by atoms with Gasteiger partial charge in [0.15, 0.2) is 0 Å². The molecule has 2 aliphatic rings. The minimum Gasteiger partial charge on any atom is -0.372 e. The van der Waals surface area contributed by atoms with Gasteiger partial charge in [0.1, 0.15) is 0 Å². The zero-order valence-corrected chi connectivity index (χ0v) is 18.9. The van der Waals surface area contributed by atoms with Gasteiger partial charge in [-0.1, -0.05) is 58.0 Å². The van der Waals surface area contributed by atoms with Crippen molar-refractivity contribution in [3.8, 4) is 0 Å². The van der Waals surface area contributed by atoms with Crippen LogP contribution in [0, 0.1) is 0 Å². The molecule has 2 atom stereocenters. The summed E-state index contributed by atoms with van der Waals surface area (Å²) in [6.45, 7) is 14.2. The molecule has 2 unspecified atom stereocenters. The van der Waals surface area contributed by atoms with Gasteiger partial charge >= 0.3 is 0 Å². The van der Waals surface area contributed by atoms with E-state index in [0.717, 1.165) is 26.1 Å². The van der Waals surface area contributed by atoms with Crippen LogP contribution in [0.25, 0.3) is 0 Å². The van der Waals surface area contributed by atoms with Crippen LogP contribution in [-0.4, -0.2) is 25.3 Å². The van der Waals surface area contributed by atoms with Crippen molar-refractivity contribution in [2.75, 3.05) is 24.6 Å². The summed E-state index contributed by atoms with van der Waals surface area (Å²) >= 11 is 0. The maximum atomic E-state index is 6.41. The van der Waals surface area contributed by atoms with Gasteiger partial charge in [0.25, 0.3) is 0 Å². The predicted molar refractivity (Wildman–Crippen MR) is 123 cm³/mol. The largest absolute Gasteiger partial charge is 0.372 e. The van der Waals surface area contributed by atoms with E-state index in [9.17, 15) is 0 Å². The van der Waals surface area contributed by atoms with Gasteiger partial charge in [0.2, 0.25) is 0 Å². The fourth-order valence-corrected chi connectivity index (χ4v) is 5.15. The molecule has 29 heavy (non-hydrogen) atoms. The van der Waals surface area contributed by atoms with Crippen molar-refractivity contribution < 1.29 is 4.74 Å². The number of ether oxygens (including phenoxy) is 1. The fraction of sp³-hybridized carbons (Fsp3) is 0.556. The number of fused-ring (bicyclic) bond motifs is 1. The Kier molecular flexibility index (Phi) is 5.75. The van der Waals surface area contributed by atoms with Crippen molar-refractivity contribution in [2.45, 2.75) is 77.2 Å². The molecule has 1 saturated heterocycles. The van der Waals surface area contributed by atoms with Crippen LogP contribution in [0.1, 0.15) is 87.5 Å². The minimum absolute atomic E-state index is 0.0911. The minimum atomic E-state index is -0.0911. The molecular formula is C27H37NO. The standard InChI is InChI=1S/C27H37NO/c1-19(2)22-7-6-8-25(15-22)28-13-14-29-27(5,18-28)17-24-12-10-21-9-11-23(20(3)4)16-26(21)24/h6-9,11,15-16,19-20,24H,10,12-14,17-18H2,1-5H3. The molecule has 2 aromatic rings. The average molecular weight is 392 g/mol. The first-order chi connectivity index (χ1) is 13.8. The Balaban J connectivity index is 1.51. The first-order valence-electron chi connectivity index (χ1n) is 11.5. The molecule has 0 aromatic heterocycles. The molecular weight excluding hydrogens is 354 g/mol. The third-order valence-electron chi connectivity index (χ3n) is 6.96. The van der Waals surface area contributed by atoms with Crippen molar-refractivity contribution in [1.29, 1.82) is 0 Å². The lowest BCUT2D eigenvalue weighted by molar-refractivity contribution is -0.0516. The summed E-state index contributed by atoms with van der Waals surface area (Å²) < 4.78 is 6.41. The van der Waals surface area contributed by atoms with Crippen LogP contribution in [0.3, 0.4) is 0 Å². The molecule has 1 fully saturated rings. The summed E-state index contributed by atoms with van der Waals surface area (Å²) in [6, 6.07) is 16.3. The molecule has 1 heterocycles. The van der Waals surface area contributed by atoms with Gasteiger partial charge in [-0.25, -0.2) is 0 Å². The van der Waals surface area contributed by atoms with E-state index >= 15 is 0 Å². The third-order valence-corrected chi connectivity index (χ3v) is 6.96. The van der Waals surface area contributed by atoms with Gasteiger partial charge < -0.3 is 9.64 Å². The Morgan fingerprint density at radius 1 is 1.03 bits per heavy atom. The molecule has 2 heteroatoms. The maximum absolute atomic E-state index is 6.41. The normalized spacial score (nSPS) is 24.4. The fourth-order valence-electron chi connectivity index (χ4n) is 5.15. The summed E-state index contributed by atoms with van der Waals surface area (Å²) in [5, 5.41) is 0. The highest BCUT2D eigenvalue weighted by atomic mass is 16.5. The number of benzene rings is 2. The number of aryl methyl sites for hydroxylation is 1. The number of hydrogen-bond acceptors (Lipinski definition) is 2. The Labute approximate surface area is 177 Å². The Morgan fingerprint density at radius 3 is 2.55 bits per heavy atom. The average Bonchev–Trinajstić information content (AvgIpc) is 3.09. The quantitative estimate of drug-likeness (QED) is 0.566. The van der Waals surface area contributed by atoms with Gasteiger partial charge in [-0.15, -0.1) is 0 Å². The summed E-state index contributed by atoms with van der Waals surface area (Å²) in [6.07, 6.45) is 3.59. The van der Waals surface area contributed by atoms with Crippen molar-refractivity contribution in [1.82, 2.24) is 0 Å². The molecule has 2 aromatic carbocycles. The van der Waals surface area contributed by atoms with Crippen LogP contribution in [0.4, 0.5) is 5.69 Å². The molecule has 0 bridgehead atoms. The van der Waals surface area contributed by atoms with Crippen LogP contribution < -0.4 is 4.90 Å². The second kappa shape index (κ2) is 8.14. The molecule has 2 nitrogen and oxygen atoms in total. The first kappa shape index (κ1) is 20.5. The van der Waals surface area contributed by atoms with Crippen LogP contribution in [0.5, 0.6) is 0 Å². The molecule has 4 rings (SSSR count). The Morgan fingerprint density at radius 2 is 1.79 bits per heavy atom. The topological polar surface area (TPSA) is 12.5 Å². The lowest BCUT2D eigenvalue weighted by Gasteiger charge is -2.43. The van der Waals surface area contributed by atoms with E-state index in [1.54, 1.807) is 11.1 Å². The third kappa shape index (κ3) is 4.38. The van der Waals surface area contributed by atoms with Crippen LogP contribution in [0.15, 0.2) is 42.5 Å². The van der Waals surface area contributed by atoms with Gasteiger partial charge in [-0.05, 0) is 78.3 Å². The summed E-state index contributed by atoms with van der Waals surface area (Å²) in [4.78, 5) is 2.54. The van der Waals surface area contributed by atoms with Gasteiger partial charge in [-0.3, -0.25) is 0 Å². The van der Waals surface area contributed by atoms with E-state index in [1.807, 2.05) is 0 Å². The Hall–Kier alpha value is -1.80. The highest BCUT2D eigenvalue weighted by Crippen LogP contribution is 2.42. The predicted octanol–water partition coefficient (Wildman–Crippen LogP) is 6.65. The van der Waals surface area contributed by atoms with Crippen molar-refractivity contribution in [3.05, 3.63) is 64.7 Å². The maximum Gasteiger partial charge on any atom is 0.0835 e. The van der Waals surface area contributed by atoms with Gasteiger partial charge in [-0.2, -0.15) is 0 Å². The van der Waals surface area contributed by atoms with Crippen molar-refractivity contribution in [2.24, 2.45) is 0 Å². The summed E-state index contributed by atoms with van der Waals surface area (Å²) in [5.74, 6) is 1.77. The van der Waals surface area contributed by atoms with E-state index in [4.69, 9.17) is 4.74 Å². The highest BCUT2D eigenvalue weighted by Gasteiger charge is 2.37. The summed E-state index contributed by atoms with van der Waals surface area (Å²) in [5.41, 5.74) is 7.28. The molecule has 1 aliphatic heterocycles. The molecule has 0 N–H and O–H groups in total. The van der Waals surface area contributed by atoms with Crippen LogP contribution in [0.2, 0.25) is 0 Å². The van der Waals surface area contributed by atoms with Crippen LogP contribution >= 0.6 is 0 Å².